The highest BCUT2D eigenvalue weighted by atomic mass is 16.5. The van der Waals surface area contributed by atoms with Gasteiger partial charge in [0.05, 0.1) is 6.61 Å². The summed E-state index contributed by atoms with van der Waals surface area (Å²) in [6.45, 7) is 7.38. The van der Waals surface area contributed by atoms with Crippen LogP contribution in [0.25, 0.3) is 0 Å². The van der Waals surface area contributed by atoms with Crippen molar-refractivity contribution in [2.75, 3.05) is 39.3 Å². The molecule has 2 rings (SSSR count). The molecule has 1 saturated heterocycles. The van der Waals surface area contributed by atoms with Crippen LogP contribution in [0.4, 0.5) is 0 Å². The van der Waals surface area contributed by atoms with E-state index in [0.717, 1.165) is 51.5 Å². The summed E-state index contributed by atoms with van der Waals surface area (Å²) >= 11 is 0. The molecule has 0 saturated carbocycles. The number of benzene rings is 1. The van der Waals surface area contributed by atoms with Crippen LogP contribution in [-0.2, 0) is 4.79 Å². The standard InChI is InChI=1S/C17H26N2O2/c1-16(20)19-13-11-18(12-14-19)10-6-3-7-15-21-17-8-4-2-5-9-17/h2,4-5,8-9H,3,6-7,10-15H2,1H3/p+1. The molecule has 21 heavy (non-hydrogen) atoms. The van der Waals surface area contributed by atoms with Crippen LogP contribution in [0.5, 0.6) is 5.75 Å². The first kappa shape index (κ1) is 15.8. The number of ether oxygens (including phenoxy) is 1. The maximum Gasteiger partial charge on any atom is 1.00 e. The maximum absolute atomic E-state index is 11.2. The minimum atomic E-state index is 0. The third-order valence-corrected chi connectivity index (χ3v) is 3.95. The molecular weight excluding hydrogens is 264 g/mol. The maximum atomic E-state index is 11.2. The lowest BCUT2D eigenvalue weighted by Crippen LogP contribution is -2.48. The molecule has 1 aliphatic heterocycles. The monoisotopic (exact) mass is 291 g/mol. The van der Waals surface area contributed by atoms with Gasteiger partial charge in [0.2, 0.25) is 5.91 Å². The second-order valence-corrected chi connectivity index (χ2v) is 5.57. The predicted molar refractivity (Wildman–Crippen MR) is 85.6 cm³/mol. The van der Waals surface area contributed by atoms with E-state index >= 15 is 0 Å². The van der Waals surface area contributed by atoms with Crippen molar-refractivity contribution in [3.8, 4) is 5.75 Å². The molecule has 0 radical (unpaired) electrons. The summed E-state index contributed by atoms with van der Waals surface area (Å²) in [7, 11) is 0. The van der Waals surface area contributed by atoms with Crippen LogP contribution in [0.2, 0.25) is 0 Å². The van der Waals surface area contributed by atoms with E-state index in [-0.39, 0.29) is 7.33 Å². The lowest BCUT2D eigenvalue weighted by atomic mass is 10.2. The Balaban J connectivity index is 0.00000242. The Bertz CT molecular complexity index is 420. The molecule has 1 fully saturated rings. The molecule has 1 aromatic carbocycles. The number of carbonyl (C=O) groups excluding carboxylic acids is 1. The Labute approximate surface area is 129 Å². The molecule has 0 aliphatic carbocycles. The molecule has 1 aromatic rings. The van der Waals surface area contributed by atoms with Gasteiger partial charge in [-0.15, -0.1) is 0 Å². The highest BCUT2D eigenvalue weighted by Crippen LogP contribution is 2.10. The van der Waals surface area contributed by atoms with E-state index < -0.39 is 0 Å². The Kier molecular flexibility index (Phi) is 6.54. The van der Waals surface area contributed by atoms with Gasteiger partial charge < -0.3 is 9.64 Å². The van der Waals surface area contributed by atoms with E-state index in [2.05, 4.69) is 4.90 Å². The van der Waals surface area contributed by atoms with Crippen molar-refractivity contribution in [1.29, 1.82) is 0 Å². The smallest absolute Gasteiger partial charge is 0.494 e. The average Bonchev–Trinajstić information content (AvgIpc) is 2.52. The van der Waals surface area contributed by atoms with Crippen molar-refractivity contribution < 1.29 is 11.0 Å². The molecule has 0 atom stereocenters. The third-order valence-electron chi connectivity index (χ3n) is 3.95. The summed E-state index contributed by atoms with van der Waals surface area (Å²) in [5.74, 6) is 1.16. The first-order chi connectivity index (χ1) is 10.3. The quantitative estimate of drug-likeness (QED) is 0.724. The van der Waals surface area contributed by atoms with Crippen LogP contribution in [0.1, 0.15) is 27.6 Å². The van der Waals surface area contributed by atoms with Crippen molar-refractivity contribution >= 4 is 5.91 Å². The second kappa shape index (κ2) is 8.67. The normalized spacial score (nSPS) is 16.0. The zero-order valence-corrected chi connectivity index (χ0v) is 13.0. The largest absolute Gasteiger partial charge is 1.00 e. The highest BCUT2D eigenvalue weighted by molar-refractivity contribution is 5.73. The summed E-state index contributed by atoms with van der Waals surface area (Å²) in [6, 6.07) is 9.98. The molecule has 4 heteroatoms. The SMILES string of the molecule is CC(=O)N1CCN(CCCCCOc2ccccc2)CC1.[H+]. The molecule has 0 unspecified atom stereocenters. The lowest BCUT2D eigenvalue weighted by Gasteiger charge is -2.34. The first-order valence-electron chi connectivity index (χ1n) is 7.91. The Morgan fingerprint density at radius 2 is 1.81 bits per heavy atom. The number of hydrogen-bond acceptors (Lipinski definition) is 3. The molecule has 116 valence electrons. The molecule has 0 aromatic heterocycles. The van der Waals surface area contributed by atoms with Crippen molar-refractivity contribution in [3.05, 3.63) is 30.3 Å². The van der Waals surface area contributed by atoms with E-state index in [1.807, 2.05) is 35.2 Å². The number of carbonyl (C=O) groups is 1. The molecular formula is C17H27N2O2+. The zero-order chi connectivity index (χ0) is 14.9. The van der Waals surface area contributed by atoms with E-state index in [1.165, 1.54) is 12.8 Å². The Hall–Kier alpha value is -1.55. The number of nitrogens with zero attached hydrogens (tertiary/aromatic N) is 2. The summed E-state index contributed by atoms with van der Waals surface area (Å²) < 4.78 is 5.68. The van der Waals surface area contributed by atoms with Gasteiger partial charge in [-0.05, 0) is 37.9 Å². The number of amides is 1. The fourth-order valence-electron chi connectivity index (χ4n) is 2.61. The molecule has 0 bridgehead atoms. The molecule has 0 N–H and O–H groups in total. The van der Waals surface area contributed by atoms with E-state index in [0.29, 0.717) is 0 Å². The zero-order valence-electron chi connectivity index (χ0n) is 14.0. The van der Waals surface area contributed by atoms with E-state index in [4.69, 9.17) is 4.74 Å². The summed E-state index contributed by atoms with van der Waals surface area (Å²) in [4.78, 5) is 15.6. The average molecular weight is 291 g/mol. The van der Waals surface area contributed by atoms with Gasteiger partial charge in [-0.3, -0.25) is 9.69 Å². The summed E-state index contributed by atoms with van der Waals surface area (Å²) in [5, 5.41) is 0. The van der Waals surface area contributed by atoms with Crippen molar-refractivity contribution in [2.45, 2.75) is 26.2 Å². The number of unbranched alkanes of at least 4 members (excludes halogenated alkanes) is 2. The van der Waals surface area contributed by atoms with Crippen LogP contribution in [0.3, 0.4) is 0 Å². The summed E-state index contributed by atoms with van der Waals surface area (Å²) in [6.07, 6.45) is 3.50. The van der Waals surface area contributed by atoms with Crippen molar-refractivity contribution in [1.82, 2.24) is 9.80 Å². The first-order valence-corrected chi connectivity index (χ1v) is 7.91. The molecule has 1 amide bonds. The van der Waals surface area contributed by atoms with Gasteiger partial charge in [0, 0.05) is 33.1 Å². The number of hydrogen-bond donors (Lipinski definition) is 0. The fraction of sp³-hybridized carbons (Fsp3) is 0.588. The lowest BCUT2D eigenvalue weighted by molar-refractivity contribution is -0.130. The third kappa shape index (κ3) is 5.76. The van der Waals surface area contributed by atoms with Gasteiger partial charge in [0.15, 0.2) is 0 Å². The Morgan fingerprint density at radius 1 is 1.10 bits per heavy atom. The van der Waals surface area contributed by atoms with Gasteiger partial charge in [0.1, 0.15) is 5.75 Å². The second-order valence-electron chi connectivity index (χ2n) is 5.57. The van der Waals surface area contributed by atoms with Gasteiger partial charge in [-0.2, -0.15) is 0 Å². The predicted octanol–water partition coefficient (Wildman–Crippen LogP) is 2.51. The number of rotatable bonds is 7. The van der Waals surface area contributed by atoms with Gasteiger partial charge >= 0.3 is 1.43 Å². The summed E-state index contributed by atoms with van der Waals surface area (Å²) in [5.41, 5.74) is 0. The van der Waals surface area contributed by atoms with Gasteiger partial charge in [0.25, 0.3) is 0 Å². The van der Waals surface area contributed by atoms with Crippen LogP contribution in [-0.4, -0.2) is 55.0 Å². The van der Waals surface area contributed by atoms with Crippen LogP contribution in [0.15, 0.2) is 30.3 Å². The molecule has 0 spiro atoms. The van der Waals surface area contributed by atoms with Crippen molar-refractivity contribution in [3.63, 3.8) is 0 Å². The minimum Gasteiger partial charge on any atom is -0.494 e. The fourth-order valence-corrected chi connectivity index (χ4v) is 2.61. The van der Waals surface area contributed by atoms with Crippen LogP contribution >= 0.6 is 0 Å². The van der Waals surface area contributed by atoms with E-state index in [1.54, 1.807) is 6.92 Å². The van der Waals surface area contributed by atoms with Gasteiger partial charge in [-0.25, -0.2) is 0 Å². The molecule has 1 aliphatic rings. The van der Waals surface area contributed by atoms with Crippen LogP contribution in [0, 0.1) is 0 Å². The van der Waals surface area contributed by atoms with Gasteiger partial charge in [-0.1, -0.05) is 18.2 Å². The topological polar surface area (TPSA) is 32.8 Å². The molecule has 1 heterocycles. The number of piperazine rings is 1. The highest BCUT2D eigenvalue weighted by Gasteiger charge is 2.17. The number of para-hydroxylation sites is 1. The van der Waals surface area contributed by atoms with Crippen LogP contribution < -0.4 is 4.74 Å². The van der Waals surface area contributed by atoms with Crippen molar-refractivity contribution in [2.24, 2.45) is 0 Å². The molecule has 4 nitrogen and oxygen atoms in total. The minimum absolute atomic E-state index is 0. The van der Waals surface area contributed by atoms with E-state index in [9.17, 15) is 4.79 Å². The Morgan fingerprint density at radius 3 is 2.48 bits per heavy atom.